The molecule has 2 fully saturated rings. The fourth-order valence-corrected chi connectivity index (χ4v) is 5.59. The van der Waals surface area contributed by atoms with E-state index in [2.05, 4.69) is 34.9 Å². The molecule has 3 aliphatic carbocycles. The van der Waals surface area contributed by atoms with Crippen LogP contribution in [0, 0.1) is 17.8 Å². The van der Waals surface area contributed by atoms with E-state index in [0.717, 1.165) is 19.3 Å². The number of carboxylic acid groups (broad SMARTS) is 1. The summed E-state index contributed by atoms with van der Waals surface area (Å²) in [5.41, 5.74) is 4.73. The number of nitrogens with one attached hydrogen (secondary N) is 2. The van der Waals surface area contributed by atoms with E-state index in [4.69, 9.17) is 9.84 Å². The highest BCUT2D eigenvalue weighted by Crippen LogP contribution is 2.44. The van der Waals surface area contributed by atoms with Gasteiger partial charge < -0.3 is 20.5 Å². The largest absolute Gasteiger partial charge is 0.481 e. The number of amides is 2. The molecule has 0 saturated heterocycles. The van der Waals surface area contributed by atoms with E-state index in [9.17, 15) is 14.4 Å². The Morgan fingerprint density at radius 3 is 2.26 bits per heavy atom. The van der Waals surface area contributed by atoms with Gasteiger partial charge in [-0.2, -0.15) is 0 Å². The van der Waals surface area contributed by atoms with Crippen LogP contribution >= 0.6 is 0 Å². The lowest BCUT2D eigenvalue weighted by Crippen LogP contribution is -2.40. The Kier molecular flexibility index (Phi) is 6.26. The number of carbonyl (C=O) groups is 3. The summed E-state index contributed by atoms with van der Waals surface area (Å²) in [5.74, 6) is -1.07. The Labute approximate surface area is 198 Å². The summed E-state index contributed by atoms with van der Waals surface area (Å²) in [5, 5.41) is 14.8. The van der Waals surface area contributed by atoms with Crippen molar-refractivity contribution in [2.24, 2.45) is 17.8 Å². The molecule has 4 unspecified atom stereocenters. The van der Waals surface area contributed by atoms with E-state index in [-0.39, 0.29) is 42.2 Å². The van der Waals surface area contributed by atoms with E-state index in [0.29, 0.717) is 19.4 Å². The minimum absolute atomic E-state index is 0.0142. The van der Waals surface area contributed by atoms with Crippen LogP contribution in [0.3, 0.4) is 0 Å². The summed E-state index contributed by atoms with van der Waals surface area (Å²) in [6, 6.07) is 16.4. The lowest BCUT2D eigenvalue weighted by atomic mass is 9.98. The Balaban J connectivity index is 1.11. The van der Waals surface area contributed by atoms with Crippen LogP contribution in [0.4, 0.5) is 4.79 Å². The van der Waals surface area contributed by atoms with Gasteiger partial charge in [0.1, 0.15) is 6.61 Å². The lowest BCUT2D eigenvalue weighted by molar-refractivity contribution is -0.139. The molecule has 0 heterocycles. The van der Waals surface area contributed by atoms with Crippen molar-refractivity contribution in [3.8, 4) is 11.1 Å². The maximum atomic E-state index is 12.6. The molecule has 0 aliphatic heterocycles. The van der Waals surface area contributed by atoms with Gasteiger partial charge in [0.25, 0.3) is 0 Å². The molecule has 0 bridgehead atoms. The van der Waals surface area contributed by atoms with E-state index in [1.165, 1.54) is 22.3 Å². The summed E-state index contributed by atoms with van der Waals surface area (Å²) in [6.07, 6.45) is 3.18. The first-order valence-electron chi connectivity index (χ1n) is 12.1. The van der Waals surface area contributed by atoms with Crippen LogP contribution in [0.1, 0.15) is 49.1 Å². The van der Waals surface area contributed by atoms with E-state index < -0.39 is 12.1 Å². The highest BCUT2D eigenvalue weighted by molar-refractivity contribution is 5.79. The molecule has 3 N–H and O–H groups in total. The third-order valence-corrected chi connectivity index (χ3v) is 7.55. The summed E-state index contributed by atoms with van der Waals surface area (Å²) in [6.45, 7) is 0.677. The molecule has 0 aromatic heterocycles. The number of carboxylic acids is 1. The van der Waals surface area contributed by atoms with Gasteiger partial charge in [0.2, 0.25) is 5.91 Å². The normalized spacial score (nSPS) is 24.7. The first kappa shape index (κ1) is 22.4. The van der Waals surface area contributed by atoms with Crippen LogP contribution in [0.15, 0.2) is 48.5 Å². The smallest absolute Gasteiger partial charge is 0.407 e. The van der Waals surface area contributed by atoms with Crippen molar-refractivity contribution in [1.29, 1.82) is 0 Å². The minimum atomic E-state index is -0.789. The molecule has 2 aromatic carbocycles. The Morgan fingerprint density at radius 2 is 1.62 bits per heavy atom. The molecule has 2 amide bonds. The molecule has 2 saturated carbocycles. The van der Waals surface area contributed by atoms with Gasteiger partial charge in [-0.15, -0.1) is 0 Å². The molecule has 7 heteroatoms. The summed E-state index contributed by atoms with van der Waals surface area (Å²) < 4.78 is 5.67. The standard InChI is InChI=1S/C27H30N2O5/c30-25(28-14-17-12-22(17)26(31)32)13-16-6-5-11-24(16)29-27(33)34-15-23-20-9-3-1-7-18(20)19-8-2-4-10-21(19)23/h1-4,7-10,16-17,22-24H,5-6,11-15H2,(H,28,30)(H,29,33)(H,31,32). The van der Waals surface area contributed by atoms with Crippen molar-refractivity contribution in [1.82, 2.24) is 10.6 Å². The number of fused-ring (bicyclic) bond motifs is 3. The second kappa shape index (κ2) is 9.49. The van der Waals surface area contributed by atoms with Crippen molar-refractivity contribution in [2.75, 3.05) is 13.2 Å². The van der Waals surface area contributed by atoms with Crippen molar-refractivity contribution < 1.29 is 24.2 Å². The minimum Gasteiger partial charge on any atom is -0.481 e. The predicted molar refractivity (Wildman–Crippen MR) is 126 cm³/mol. The van der Waals surface area contributed by atoms with Crippen LogP contribution < -0.4 is 10.6 Å². The van der Waals surface area contributed by atoms with Gasteiger partial charge in [0.15, 0.2) is 0 Å². The SMILES string of the molecule is O=C(CC1CCCC1NC(=O)OCC1c2ccccc2-c2ccccc21)NCC1CC1C(=O)O. The molecule has 3 aliphatic rings. The van der Waals surface area contributed by atoms with Gasteiger partial charge in [0, 0.05) is 24.9 Å². The molecule has 4 atom stereocenters. The number of benzene rings is 2. The zero-order valence-electron chi connectivity index (χ0n) is 19.0. The van der Waals surface area contributed by atoms with Crippen molar-refractivity contribution in [3.63, 3.8) is 0 Å². The third kappa shape index (κ3) is 4.65. The number of aliphatic carboxylic acids is 1. The quantitative estimate of drug-likeness (QED) is 0.552. The average Bonchev–Trinajstić information content (AvgIpc) is 3.40. The zero-order valence-corrected chi connectivity index (χ0v) is 19.0. The van der Waals surface area contributed by atoms with Gasteiger partial charge in [-0.1, -0.05) is 55.0 Å². The second-order valence-electron chi connectivity index (χ2n) is 9.72. The van der Waals surface area contributed by atoms with Gasteiger partial charge in [-0.3, -0.25) is 9.59 Å². The Hall–Kier alpha value is -3.35. The van der Waals surface area contributed by atoms with Gasteiger partial charge in [0.05, 0.1) is 5.92 Å². The summed E-state index contributed by atoms with van der Waals surface area (Å²) in [7, 11) is 0. The fraction of sp³-hybridized carbons (Fsp3) is 0.444. The van der Waals surface area contributed by atoms with Crippen LogP contribution in [0.5, 0.6) is 0 Å². The number of carbonyl (C=O) groups excluding carboxylic acids is 2. The van der Waals surface area contributed by atoms with Crippen molar-refractivity contribution in [3.05, 3.63) is 59.7 Å². The van der Waals surface area contributed by atoms with Gasteiger partial charge in [-0.05, 0) is 53.4 Å². The Bertz CT molecular complexity index is 1050. The van der Waals surface area contributed by atoms with Crippen molar-refractivity contribution >= 4 is 18.0 Å². The monoisotopic (exact) mass is 462 g/mol. The molecule has 5 rings (SSSR count). The van der Waals surface area contributed by atoms with Gasteiger partial charge >= 0.3 is 12.1 Å². The number of rotatable bonds is 8. The molecular formula is C27H30N2O5. The third-order valence-electron chi connectivity index (χ3n) is 7.55. The maximum Gasteiger partial charge on any atom is 0.407 e. The highest BCUT2D eigenvalue weighted by atomic mass is 16.5. The zero-order chi connectivity index (χ0) is 23.7. The van der Waals surface area contributed by atoms with Crippen molar-refractivity contribution in [2.45, 2.75) is 44.1 Å². The molecule has 0 radical (unpaired) electrons. The maximum absolute atomic E-state index is 12.6. The second-order valence-corrected chi connectivity index (χ2v) is 9.72. The Morgan fingerprint density at radius 1 is 0.941 bits per heavy atom. The molecule has 178 valence electrons. The highest BCUT2D eigenvalue weighted by Gasteiger charge is 2.43. The van der Waals surface area contributed by atoms with E-state index in [1.807, 2.05) is 24.3 Å². The molecule has 34 heavy (non-hydrogen) atoms. The summed E-state index contributed by atoms with van der Waals surface area (Å²) in [4.78, 5) is 35.9. The first-order chi connectivity index (χ1) is 16.5. The molecule has 2 aromatic rings. The predicted octanol–water partition coefficient (Wildman–Crippen LogP) is 3.92. The molecule has 7 nitrogen and oxygen atoms in total. The topological polar surface area (TPSA) is 105 Å². The molecule has 0 spiro atoms. The number of ether oxygens (including phenoxy) is 1. The number of hydrogen-bond donors (Lipinski definition) is 3. The van der Waals surface area contributed by atoms with Crippen LogP contribution in [0.25, 0.3) is 11.1 Å². The van der Waals surface area contributed by atoms with E-state index in [1.54, 1.807) is 0 Å². The lowest BCUT2D eigenvalue weighted by Gasteiger charge is -2.21. The van der Waals surface area contributed by atoms with Crippen LogP contribution in [-0.4, -0.2) is 42.3 Å². The number of alkyl carbamates (subject to hydrolysis) is 1. The summed E-state index contributed by atoms with van der Waals surface area (Å²) >= 11 is 0. The number of hydrogen-bond acceptors (Lipinski definition) is 4. The van der Waals surface area contributed by atoms with Crippen LogP contribution in [-0.2, 0) is 14.3 Å². The average molecular weight is 463 g/mol. The van der Waals surface area contributed by atoms with Crippen LogP contribution in [0.2, 0.25) is 0 Å². The van der Waals surface area contributed by atoms with E-state index >= 15 is 0 Å². The molecular weight excluding hydrogens is 432 g/mol. The first-order valence-corrected chi connectivity index (χ1v) is 12.1. The van der Waals surface area contributed by atoms with Gasteiger partial charge in [-0.25, -0.2) is 4.79 Å². The fourth-order valence-electron chi connectivity index (χ4n) is 5.59.